The van der Waals surface area contributed by atoms with E-state index in [1.54, 1.807) is 6.07 Å². The average molecular weight is 298 g/mol. The highest BCUT2D eigenvalue weighted by molar-refractivity contribution is 5.93. The summed E-state index contributed by atoms with van der Waals surface area (Å²) in [5.74, 6) is -0.428. The molecule has 0 bridgehead atoms. The lowest BCUT2D eigenvalue weighted by Crippen LogP contribution is -2.19. The first kappa shape index (κ1) is 14.4. The van der Waals surface area contributed by atoms with Crippen LogP contribution in [0.2, 0.25) is 0 Å². The van der Waals surface area contributed by atoms with Gasteiger partial charge in [-0.25, -0.2) is 4.79 Å². The second-order valence-corrected chi connectivity index (χ2v) is 5.58. The van der Waals surface area contributed by atoms with Gasteiger partial charge in [0, 0.05) is 18.7 Å². The molecule has 22 heavy (non-hydrogen) atoms. The Morgan fingerprint density at radius 1 is 1.36 bits per heavy atom. The zero-order valence-electron chi connectivity index (χ0n) is 12.1. The Balaban J connectivity index is 1.79. The van der Waals surface area contributed by atoms with Crippen molar-refractivity contribution in [3.8, 4) is 5.75 Å². The summed E-state index contributed by atoms with van der Waals surface area (Å²) in [6.45, 7) is 0.627. The van der Waals surface area contributed by atoms with Crippen molar-refractivity contribution in [3.05, 3.63) is 53.3 Å². The summed E-state index contributed by atoms with van der Waals surface area (Å²) in [6.07, 6.45) is 6.16. The standard InChI is InChI=1S/C17H18N2O3/c20-13-5-4-11-2-1-3-12(15(11)8-13)9-19-16-10-18-7-6-14(16)17(21)22/h4-8,10,12,19-20H,1-3,9H2,(H,21,22). The first-order chi connectivity index (χ1) is 10.6. The second-order valence-electron chi connectivity index (χ2n) is 5.58. The van der Waals surface area contributed by atoms with E-state index in [-0.39, 0.29) is 17.2 Å². The minimum absolute atomic E-state index is 0.224. The number of anilines is 1. The lowest BCUT2D eigenvalue weighted by molar-refractivity contribution is 0.0698. The van der Waals surface area contributed by atoms with Crippen molar-refractivity contribution < 1.29 is 15.0 Å². The SMILES string of the molecule is O=C(O)c1ccncc1NCC1CCCc2ccc(O)cc21. The summed E-state index contributed by atoms with van der Waals surface area (Å²) in [6, 6.07) is 7.01. The number of phenolic OH excluding ortho intramolecular Hbond substituents is 1. The van der Waals surface area contributed by atoms with E-state index < -0.39 is 5.97 Å². The molecule has 5 nitrogen and oxygen atoms in total. The number of carboxylic acid groups (broad SMARTS) is 1. The number of aromatic nitrogens is 1. The molecule has 1 atom stereocenters. The van der Waals surface area contributed by atoms with Crippen LogP contribution in [0.1, 0.15) is 40.2 Å². The predicted octanol–water partition coefficient (Wildman–Crippen LogP) is 3.02. The molecule has 1 aliphatic rings. The van der Waals surface area contributed by atoms with Crippen LogP contribution in [0.25, 0.3) is 0 Å². The van der Waals surface area contributed by atoms with Crippen LogP contribution < -0.4 is 5.32 Å². The van der Waals surface area contributed by atoms with Gasteiger partial charge in [-0.1, -0.05) is 6.07 Å². The summed E-state index contributed by atoms with van der Waals surface area (Å²) in [4.78, 5) is 15.2. The van der Waals surface area contributed by atoms with Crippen LogP contribution in [0, 0.1) is 0 Å². The Kier molecular flexibility index (Phi) is 3.96. The second kappa shape index (κ2) is 6.05. The van der Waals surface area contributed by atoms with E-state index in [4.69, 9.17) is 0 Å². The fraction of sp³-hybridized carbons (Fsp3) is 0.294. The Morgan fingerprint density at radius 3 is 3.05 bits per heavy atom. The van der Waals surface area contributed by atoms with Gasteiger partial charge in [-0.15, -0.1) is 0 Å². The van der Waals surface area contributed by atoms with Crippen LogP contribution in [0.15, 0.2) is 36.7 Å². The van der Waals surface area contributed by atoms with Gasteiger partial charge in [0.25, 0.3) is 0 Å². The number of benzene rings is 1. The fourth-order valence-corrected chi connectivity index (χ4v) is 3.05. The van der Waals surface area contributed by atoms with Gasteiger partial charge in [-0.2, -0.15) is 0 Å². The number of nitrogens with zero attached hydrogens (tertiary/aromatic N) is 1. The molecule has 0 fully saturated rings. The van der Waals surface area contributed by atoms with Crippen molar-refractivity contribution in [3.63, 3.8) is 0 Å². The summed E-state index contributed by atoms with van der Waals surface area (Å²) >= 11 is 0. The van der Waals surface area contributed by atoms with Gasteiger partial charge < -0.3 is 15.5 Å². The Bertz CT molecular complexity index is 700. The number of carbonyl (C=O) groups is 1. The monoisotopic (exact) mass is 298 g/mol. The molecule has 1 aliphatic carbocycles. The number of aryl methyl sites for hydroxylation is 1. The number of carboxylic acids is 1. The third kappa shape index (κ3) is 2.88. The largest absolute Gasteiger partial charge is 0.508 e. The Morgan fingerprint density at radius 2 is 2.23 bits per heavy atom. The molecule has 0 radical (unpaired) electrons. The van der Waals surface area contributed by atoms with Crippen LogP contribution >= 0.6 is 0 Å². The van der Waals surface area contributed by atoms with Gasteiger partial charge in [0.15, 0.2) is 0 Å². The normalized spacial score (nSPS) is 16.8. The summed E-state index contributed by atoms with van der Waals surface area (Å²) < 4.78 is 0. The van der Waals surface area contributed by atoms with E-state index in [1.807, 2.05) is 12.1 Å². The highest BCUT2D eigenvalue weighted by atomic mass is 16.4. The first-order valence-corrected chi connectivity index (χ1v) is 7.38. The molecule has 1 heterocycles. The number of phenols is 1. The molecule has 0 saturated carbocycles. The highest BCUT2D eigenvalue weighted by Crippen LogP contribution is 2.34. The van der Waals surface area contributed by atoms with Gasteiger partial charge >= 0.3 is 5.97 Å². The maximum absolute atomic E-state index is 11.2. The summed E-state index contributed by atoms with van der Waals surface area (Å²) in [5, 5.41) is 22.1. The number of aromatic hydroxyl groups is 1. The van der Waals surface area contributed by atoms with E-state index in [0.29, 0.717) is 12.2 Å². The topological polar surface area (TPSA) is 82.5 Å². The van der Waals surface area contributed by atoms with Crippen LogP contribution in [0.4, 0.5) is 5.69 Å². The highest BCUT2D eigenvalue weighted by Gasteiger charge is 2.21. The van der Waals surface area contributed by atoms with Crippen molar-refractivity contribution >= 4 is 11.7 Å². The molecule has 3 N–H and O–H groups in total. The number of rotatable bonds is 4. The van der Waals surface area contributed by atoms with Gasteiger partial charge in [-0.3, -0.25) is 4.98 Å². The molecule has 5 heteroatoms. The number of hydrogen-bond acceptors (Lipinski definition) is 4. The van der Waals surface area contributed by atoms with E-state index in [2.05, 4.69) is 10.3 Å². The van der Waals surface area contributed by atoms with Crippen molar-refractivity contribution in [2.75, 3.05) is 11.9 Å². The van der Waals surface area contributed by atoms with Gasteiger partial charge in [0.1, 0.15) is 5.75 Å². The quantitative estimate of drug-likeness (QED) is 0.808. The molecular weight excluding hydrogens is 280 g/mol. The molecule has 1 aromatic heterocycles. The fourth-order valence-electron chi connectivity index (χ4n) is 3.05. The number of pyridine rings is 1. The molecule has 114 valence electrons. The zero-order valence-corrected chi connectivity index (χ0v) is 12.1. The van der Waals surface area contributed by atoms with Gasteiger partial charge in [0.2, 0.25) is 0 Å². The molecule has 1 unspecified atom stereocenters. The maximum Gasteiger partial charge on any atom is 0.337 e. The first-order valence-electron chi connectivity index (χ1n) is 7.38. The molecule has 0 spiro atoms. The average Bonchev–Trinajstić information content (AvgIpc) is 2.53. The van der Waals surface area contributed by atoms with Crippen molar-refractivity contribution in [2.24, 2.45) is 0 Å². The minimum Gasteiger partial charge on any atom is -0.508 e. The Hall–Kier alpha value is -2.56. The van der Waals surface area contributed by atoms with Crippen LogP contribution in [0.3, 0.4) is 0 Å². The van der Waals surface area contributed by atoms with Crippen LogP contribution in [-0.2, 0) is 6.42 Å². The van der Waals surface area contributed by atoms with Crippen molar-refractivity contribution in [1.29, 1.82) is 0 Å². The lowest BCUT2D eigenvalue weighted by atomic mass is 9.82. The molecule has 3 rings (SSSR count). The maximum atomic E-state index is 11.2. The molecular formula is C17H18N2O3. The van der Waals surface area contributed by atoms with E-state index in [1.165, 1.54) is 24.0 Å². The molecule has 0 saturated heterocycles. The number of nitrogens with one attached hydrogen (secondary N) is 1. The summed E-state index contributed by atoms with van der Waals surface area (Å²) in [7, 11) is 0. The van der Waals surface area contributed by atoms with Crippen LogP contribution in [0.5, 0.6) is 5.75 Å². The number of fused-ring (bicyclic) bond motifs is 1. The third-order valence-electron chi connectivity index (χ3n) is 4.16. The van der Waals surface area contributed by atoms with Crippen molar-refractivity contribution in [1.82, 2.24) is 4.98 Å². The van der Waals surface area contributed by atoms with E-state index in [0.717, 1.165) is 24.8 Å². The van der Waals surface area contributed by atoms with E-state index >= 15 is 0 Å². The Labute approximate surface area is 128 Å². The summed E-state index contributed by atoms with van der Waals surface area (Å²) in [5.41, 5.74) is 3.17. The molecule has 0 amide bonds. The predicted molar refractivity (Wildman–Crippen MR) is 83.5 cm³/mol. The molecule has 1 aromatic carbocycles. The number of hydrogen-bond donors (Lipinski definition) is 3. The van der Waals surface area contributed by atoms with Crippen LogP contribution in [-0.4, -0.2) is 27.7 Å². The van der Waals surface area contributed by atoms with Gasteiger partial charge in [-0.05, 0) is 48.6 Å². The smallest absolute Gasteiger partial charge is 0.337 e. The molecule has 2 aromatic rings. The molecule has 0 aliphatic heterocycles. The third-order valence-corrected chi connectivity index (χ3v) is 4.16. The van der Waals surface area contributed by atoms with E-state index in [9.17, 15) is 15.0 Å². The number of aromatic carboxylic acids is 1. The van der Waals surface area contributed by atoms with Crippen molar-refractivity contribution in [2.45, 2.75) is 25.2 Å². The lowest BCUT2D eigenvalue weighted by Gasteiger charge is -2.26. The van der Waals surface area contributed by atoms with Gasteiger partial charge in [0.05, 0.1) is 17.4 Å². The zero-order chi connectivity index (χ0) is 15.5. The minimum atomic E-state index is -0.966.